The fourth-order valence-corrected chi connectivity index (χ4v) is 1.77. The predicted molar refractivity (Wildman–Crippen MR) is 77.0 cm³/mol. The molecule has 2 rings (SSSR count). The van der Waals surface area contributed by atoms with Crippen LogP contribution in [0.5, 0.6) is 0 Å². The molecule has 0 fully saturated rings. The zero-order valence-electron chi connectivity index (χ0n) is 10.4. The Hall–Kier alpha value is -2.21. The Morgan fingerprint density at radius 3 is 2.60 bits per heavy atom. The van der Waals surface area contributed by atoms with E-state index in [1.165, 1.54) is 6.20 Å². The summed E-state index contributed by atoms with van der Waals surface area (Å²) in [6.45, 7) is -0.131. The fourth-order valence-electron chi connectivity index (χ4n) is 1.50. The molecular weight excluding hydrogens is 324 g/mol. The van der Waals surface area contributed by atoms with Crippen LogP contribution in [0.3, 0.4) is 0 Å². The summed E-state index contributed by atoms with van der Waals surface area (Å²) in [6, 6.07) is 12.1. The van der Waals surface area contributed by atoms with E-state index in [2.05, 4.69) is 26.1 Å². The summed E-state index contributed by atoms with van der Waals surface area (Å²) in [5.41, 5.74) is 1.15. The van der Waals surface area contributed by atoms with Gasteiger partial charge in [0, 0.05) is 16.2 Å². The number of oxime groups is 1. The van der Waals surface area contributed by atoms with Crippen molar-refractivity contribution in [1.29, 1.82) is 0 Å². The molecule has 0 unspecified atom stereocenters. The van der Waals surface area contributed by atoms with Crippen LogP contribution in [-0.2, 0) is 4.74 Å². The highest BCUT2D eigenvalue weighted by Crippen LogP contribution is 2.11. The van der Waals surface area contributed by atoms with E-state index in [-0.39, 0.29) is 18.0 Å². The third kappa shape index (κ3) is 3.64. The monoisotopic (exact) mass is 334 g/mol. The summed E-state index contributed by atoms with van der Waals surface area (Å²) in [7, 11) is 0. The molecular formula is C14H11BrN2O3. The lowest BCUT2D eigenvalue weighted by Crippen LogP contribution is -2.16. The molecule has 0 aliphatic carbocycles. The van der Waals surface area contributed by atoms with Crippen LogP contribution in [0.15, 0.2) is 58.3 Å². The molecule has 0 amide bonds. The number of rotatable bonds is 4. The van der Waals surface area contributed by atoms with Crippen LogP contribution in [0, 0.1) is 0 Å². The molecule has 1 aromatic heterocycles. The highest BCUT2D eigenvalue weighted by atomic mass is 79.9. The number of hydrogen-bond donors (Lipinski definition) is 1. The Balaban J connectivity index is 2.02. The first-order chi connectivity index (χ1) is 9.70. The normalized spacial score (nSPS) is 11.2. The molecule has 0 radical (unpaired) electrons. The molecule has 0 saturated carbocycles. The van der Waals surface area contributed by atoms with E-state index >= 15 is 0 Å². The lowest BCUT2D eigenvalue weighted by atomic mass is 10.1. The summed E-state index contributed by atoms with van der Waals surface area (Å²) in [4.78, 5) is 15.6. The van der Waals surface area contributed by atoms with E-state index in [1.807, 2.05) is 0 Å². The highest BCUT2D eigenvalue weighted by Gasteiger charge is 2.11. The van der Waals surface area contributed by atoms with Crippen LogP contribution in [0.4, 0.5) is 0 Å². The van der Waals surface area contributed by atoms with Crippen LogP contribution >= 0.6 is 15.9 Å². The van der Waals surface area contributed by atoms with Crippen molar-refractivity contribution in [2.45, 2.75) is 0 Å². The Kier molecular flexibility index (Phi) is 4.84. The molecule has 20 heavy (non-hydrogen) atoms. The van der Waals surface area contributed by atoms with Crippen molar-refractivity contribution < 1.29 is 14.7 Å². The van der Waals surface area contributed by atoms with E-state index in [9.17, 15) is 4.79 Å². The number of hydrogen-bond acceptors (Lipinski definition) is 5. The highest BCUT2D eigenvalue weighted by molar-refractivity contribution is 9.10. The van der Waals surface area contributed by atoms with Crippen molar-refractivity contribution in [3.63, 3.8) is 0 Å². The molecule has 2 aromatic rings. The zero-order chi connectivity index (χ0) is 14.4. The van der Waals surface area contributed by atoms with Gasteiger partial charge in [-0.05, 0) is 24.3 Å². The van der Waals surface area contributed by atoms with Crippen molar-refractivity contribution in [3.05, 3.63) is 64.4 Å². The molecule has 0 aliphatic heterocycles. The van der Waals surface area contributed by atoms with Gasteiger partial charge in [-0.25, -0.2) is 9.78 Å². The maximum Gasteiger partial charge on any atom is 0.357 e. The molecule has 1 heterocycles. The predicted octanol–water partition coefficient (Wildman–Crippen LogP) is 2.88. The number of carbonyl (C=O) groups excluding carboxylic acids is 1. The average molecular weight is 335 g/mol. The second-order valence-corrected chi connectivity index (χ2v) is 4.76. The van der Waals surface area contributed by atoms with Gasteiger partial charge in [-0.2, -0.15) is 0 Å². The van der Waals surface area contributed by atoms with Crippen LogP contribution in [0.25, 0.3) is 0 Å². The second kappa shape index (κ2) is 6.81. The summed E-state index contributed by atoms with van der Waals surface area (Å²) in [5, 5.41) is 12.2. The largest absolute Gasteiger partial charge is 0.454 e. The minimum Gasteiger partial charge on any atom is -0.454 e. The average Bonchev–Trinajstić information content (AvgIpc) is 2.50. The van der Waals surface area contributed by atoms with Crippen molar-refractivity contribution in [2.24, 2.45) is 5.16 Å². The standard InChI is InChI=1S/C14H11BrN2O3/c15-11-6-4-10(5-7-11)13(17-19)9-20-14(18)12-3-1-2-8-16-12/h1-8,19H,9H2. The van der Waals surface area contributed by atoms with Crippen molar-refractivity contribution in [1.82, 2.24) is 4.98 Å². The van der Waals surface area contributed by atoms with Crippen LogP contribution in [0.1, 0.15) is 16.1 Å². The molecule has 5 nitrogen and oxygen atoms in total. The quantitative estimate of drug-likeness (QED) is 0.404. The number of carbonyl (C=O) groups is 1. The van der Waals surface area contributed by atoms with Gasteiger partial charge in [0.15, 0.2) is 0 Å². The Labute approximate surface area is 124 Å². The van der Waals surface area contributed by atoms with Crippen LogP contribution in [-0.4, -0.2) is 28.5 Å². The van der Waals surface area contributed by atoms with Gasteiger partial charge in [-0.15, -0.1) is 0 Å². The van der Waals surface area contributed by atoms with E-state index in [4.69, 9.17) is 9.94 Å². The van der Waals surface area contributed by atoms with Gasteiger partial charge in [0.25, 0.3) is 0 Å². The SMILES string of the molecule is O=C(OCC(=NO)c1ccc(Br)cc1)c1ccccn1. The van der Waals surface area contributed by atoms with Gasteiger partial charge in [-0.1, -0.05) is 39.3 Å². The molecule has 1 aromatic carbocycles. The summed E-state index contributed by atoms with van der Waals surface area (Å²) in [6.07, 6.45) is 1.51. The molecule has 0 spiro atoms. The third-order valence-electron chi connectivity index (χ3n) is 2.51. The molecule has 0 bridgehead atoms. The van der Waals surface area contributed by atoms with Gasteiger partial charge in [0.1, 0.15) is 18.0 Å². The molecule has 6 heteroatoms. The number of esters is 1. The number of ether oxygens (including phenoxy) is 1. The van der Waals surface area contributed by atoms with Crippen molar-refractivity contribution >= 4 is 27.6 Å². The van der Waals surface area contributed by atoms with E-state index in [0.29, 0.717) is 5.56 Å². The van der Waals surface area contributed by atoms with E-state index in [1.54, 1.807) is 42.5 Å². The number of aromatic nitrogens is 1. The summed E-state index contributed by atoms with van der Waals surface area (Å²) >= 11 is 3.31. The van der Waals surface area contributed by atoms with Crippen LogP contribution in [0.2, 0.25) is 0 Å². The minimum atomic E-state index is -0.566. The molecule has 102 valence electrons. The van der Waals surface area contributed by atoms with Crippen molar-refractivity contribution in [2.75, 3.05) is 6.61 Å². The number of benzene rings is 1. The maximum absolute atomic E-state index is 11.7. The summed E-state index contributed by atoms with van der Waals surface area (Å²) in [5.74, 6) is -0.566. The number of pyridine rings is 1. The maximum atomic E-state index is 11.7. The molecule has 0 saturated heterocycles. The topological polar surface area (TPSA) is 71.8 Å². The fraction of sp³-hybridized carbons (Fsp3) is 0.0714. The molecule has 0 atom stereocenters. The van der Waals surface area contributed by atoms with Gasteiger partial charge in [0.05, 0.1) is 0 Å². The lowest BCUT2D eigenvalue weighted by Gasteiger charge is -2.06. The lowest BCUT2D eigenvalue weighted by molar-refractivity contribution is 0.0555. The number of nitrogens with zero attached hydrogens (tertiary/aromatic N) is 2. The Morgan fingerprint density at radius 1 is 1.25 bits per heavy atom. The first-order valence-electron chi connectivity index (χ1n) is 5.75. The summed E-state index contributed by atoms with van der Waals surface area (Å²) < 4.78 is 5.97. The first kappa shape index (κ1) is 14.2. The first-order valence-corrected chi connectivity index (χ1v) is 6.55. The van der Waals surface area contributed by atoms with Gasteiger partial charge < -0.3 is 9.94 Å². The third-order valence-corrected chi connectivity index (χ3v) is 3.04. The zero-order valence-corrected chi connectivity index (χ0v) is 11.9. The second-order valence-electron chi connectivity index (χ2n) is 3.84. The molecule has 1 N–H and O–H groups in total. The van der Waals surface area contributed by atoms with E-state index < -0.39 is 5.97 Å². The minimum absolute atomic E-state index is 0.131. The smallest absolute Gasteiger partial charge is 0.357 e. The van der Waals surface area contributed by atoms with Gasteiger partial charge in [0.2, 0.25) is 0 Å². The van der Waals surface area contributed by atoms with E-state index in [0.717, 1.165) is 4.47 Å². The van der Waals surface area contributed by atoms with Gasteiger partial charge in [-0.3, -0.25) is 0 Å². The number of halogens is 1. The van der Waals surface area contributed by atoms with Crippen molar-refractivity contribution in [3.8, 4) is 0 Å². The molecule has 0 aliphatic rings. The van der Waals surface area contributed by atoms with Gasteiger partial charge >= 0.3 is 5.97 Å². The Morgan fingerprint density at radius 2 is 2.00 bits per heavy atom. The Bertz CT molecular complexity index is 612. The van der Waals surface area contributed by atoms with Crippen LogP contribution < -0.4 is 0 Å².